The zero-order chi connectivity index (χ0) is 13.1. The van der Waals surface area contributed by atoms with Crippen LogP contribution in [-0.4, -0.2) is 22.4 Å². The third-order valence-corrected chi connectivity index (χ3v) is 4.09. The zero-order valence-electron chi connectivity index (χ0n) is 9.68. The molecule has 7 heteroatoms. The van der Waals surface area contributed by atoms with Crippen molar-refractivity contribution >= 4 is 34.6 Å². The van der Waals surface area contributed by atoms with Gasteiger partial charge in [0.15, 0.2) is 5.16 Å². The fourth-order valence-electron chi connectivity index (χ4n) is 1.63. The second-order valence-corrected chi connectivity index (χ2v) is 5.49. The lowest BCUT2D eigenvalue weighted by molar-refractivity contribution is -0.113. The van der Waals surface area contributed by atoms with Crippen molar-refractivity contribution < 1.29 is 4.79 Å². The van der Waals surface area contributed by atoms with Gasteiger partial charge in [0.25, 0.3) is 5.91 Å². The van der Waals surface area contributed by atoms with E-state index in [1.807, 2.05) is 16.8 Å². The van der Waals surface area contributed by atoms with E-state index in [4.69, 9.17) is 0 Å². The van der Waals surface area contributed by atoms with Crippen LogP contribution in [0.5, 0.6) is 0 Å². The van der Waals surface area contributed by atoms with Gasteiger partial charge < -0.3 is 0 Å². The second-order valence-electron chi connectivity index (χ2n) is 3.65. The molecule has 0 bridgehead atoms. The summed E-state index contributed by atoms with van der Waals surface area (Å²) in [5, 5.41) is 11.9. The molecule has 0 unspecified atom stereocenters. The first-order chi connectivity index (χ1) is 9.34. The molecule has 0 spiro atoms. The highest BCUT2D eigenvalue weighted by molar-refractivity contribution is 8.03. The highest BCUT2D eigenvalue weighted by atomic mass is 32.2. The number of rotatable bonds is 3. The number of thiophene rings is 1. The highest BCUT2D eigenvalue weighted by Crippen LogP contribution is 2.34. The van der Waals surface area contributed by atoms with E-state index >= 15 is 0 Å². The van der Waals surface area contributed by atoms with Gasteiger partial charge in [0.2, 0.25) is 0 Å². The van der Waals surface area contributed by atoms with Gasteiger partial charge in [-0.3, -0.25) is 4.79 Å². The molecular weight excluding hydrogens is 280 g/mol. The van der Waals surface area contributed by atoms with Crippen LogP contribution in [0, 0.1) is 0 Å². The Morgan fingerprint density at radius 3 is 2.84 bits per heavy atom. The Balaban J connectivity index is 2.00. The monoisotopic (exact) mass is 288 g/mol. The minimum Gasteiger partial charge on any atom is -0.265 e. The number of thioether (sulfide) groups is 1. The summed E-state index contributed by atoms with van der Waals surface area (Å²) in [5.74, 6) is -0.303. The minimum absolute atomic E-state index is 0.303. The van der Waals surface area contributed by atoms with E-state index in [0.29, 0.717) is 17.3 Å². The molecule has 1 aliphatic heterocycles. The molecule has 0 fully saturated rings. The third-order valence-electron chi connectivity index (χ3n) is 2.43. The Morgan fingerprint density at radius 2 is 2.11 bits per heavy atom. The van der Waals surface area contributed by atoms with Crippen molar-refractivity contribution in [2.75, 3.05) is 6.54 Å². The van der Waals surface area contributed by atoms with Crippen LogP contribution < -0.4 is 0 Å². The molecule has 0 aliphatic carbocycles. The average Bonchev–Trinajstić information content (AvgIpc) is 2.94. The van der Waals surface area contributed by atoms with E-state index in [0.717, 1.165) is 10.5 Å². The van der Waals surface area contributed by atoms with E-state index in [9.17, 15) is 4.79 Å². The van der Waals surface area contributed by atoms with Gasteiger partial charge in [-0.1, -0.05) is 11.8 Å². The number of azo groups is 1. The van der Waals surface area contributed by atoms with Crippen LogP contribution in [0.2, 0.25) is 0 Å². The quantitative estimate of drug-likeness (QED) is 0.814. The molecule has 1 amide bonds. The molecule has 0 N–H and O–H groups in total. The molecule has 1 aliphatic rings. The standard InChI is InChI=1S/C12H8N4OS2/c17-11-10(8-2-5-18-7-8)9(6-15-16-11)19-12-13-3-1-4-14-12/h1-5,7H,6H2. The van der Waals surface area contributed by atoms with E-state index < -0.39 is 0 Å². The van der Waals surface area contributed by atoms with Crippen LogP contribution in [0.3, 0.4) is 0 Å². The van der Waals surface area contributed by atoms with Crippen LogP contribution in [0.4, 0.5) is 0 Å². The number of nitrogens with zero attached hydrogens (tertiary/aromatic N) is 4. The topological polar surface area (TPSA) is 67.6 Å². The van der Waals surface area contributed by atoms with Crippen molar-refractivity contribution in [2.45, 2.75) is 5.16 Å². The summed E-state index contributed by atoms with van der Waals surface area (Å²) in [6.45, 7) is 0.389. The average molecular weight is 288 g/mol. The van der Waals surface area contributed by atoms with E-state index in [-0.39, 0.29) is 5.91 Å². The molecule has 0 atom stereocenters. The molecule has 5 nitrogen and oxygen atoms in total. The molecule has 0 radical (unpaired) electrons. The summed E-state index contributed by atoms with van der Waals surface area (Å²) >= 11 is 2.91. The number of hydrogen-bond donors (Lipinski definition) is 0. The molecular formula is C12H8N4OS2. The van der Waals surface area contributed by atoms with Gasteiger partial charge in [0.05, 0.1) is 12.1 Å². The predicted octanol–water partition coefficient (Wildman–Crippen LogP) is 3.03. The first kappa shape index (κ1) is 12.2. The first-order valence-electron chi connectivity index (χ1n) is 5.47. The van der Waals surface area contributed by atoms with Crippen molar-refractivity contribution in [2.24, 2.45) is 10.2 Å². The van der Waals surface area contributed by atoms with Crippen LogP contribution >= 0.6 is 23.1 Å². The Bertz CT molecular complexity index is 650. The summed E-state index contributed by atoms with van der Waals surface area (Å²) in [6.07, 6.45) is 3.35. The van der Waals surface area contributed by atoms with E-state index in [1.54, 1.807) is 29.8 Å². The van der Waals surface area contributed by atoms with Gasteiger partial charge in [-0.2, -0.15) is 16.5 Å². The summed E-state index contributed by atoms with van der Waals surface area (Å²) in [7, 11) is 0. The molecule has 2 aromatic rings. The lowest BCUT2D eigenvalue weighted by Crippen LogP contribution is -2.07. The van der Waals surface area contributed by atoms with Gasteiger partial charge in [0, 0.05) is 17.3 Å². The smallest absolute Gasteiger partial charge is 0.265 e. The Hall–Kier alpha value is -1.86. The molecule has 0 saturated heterocycles. The van der Waals surface area contributed by atoms with Crippen molar-refractivity contribution in [3.63, 3.8) is 0 Å². The van der Waals surface area contributed by atoms with Crippen molar-refractivity contribution in [1.82, 2.24) is 9.97 Å². The first-order valence-corrected chi connectivity index (χ1v) is 7.23. The molecule has 3 heterocycles. The summed E-state index contributed by atoms with van der Waals surface area (Å²) in [6, 6.07) is 3.66. The second kappa shape index (κ2) is 5.41. The van der Waals surface area contributed by atoms with E-state index in [2.05, 4.69) is 20.2 Å². The highest BCUT2D eigenvalue weighted by Gasteiger charge is 2.22. The van der Waals surface area contributed by atoms with Crippen molar-refractivity contribution in [1.29, 1.82) is 0 Å². The lowest BCUT2D eigenvalue weighted by atomic mass is 10.1. The number of hydrogen-bond acceptors (Lipinski definition) is 6. The molecule has 2 aromatic heterocycles. The van der Waals surface area contributed by atoms with Crippen molar-refractivity contribution in [3.8, 4) is 0 Å². The lowest BCUT2D eigenvalue weighted by Gasteiger charge is -2.11. The number of carbonyl (C=O) groups excluding carboxylic acids is 1. The van der Waals surface area contributed by atoms with Gasteiger partial charge in [-0.25, -0.2) is 9.97 Å². The number of carbonyl (C=O) groups is 1. The Morgan fingerprint density at radius 1 is 1.26 bits per heavy atom. The van der Waals surface area contributed by atoms with Crippen LogP contribution in [0.1, 0.15) is 5.56 Å². The van der Waals surface area contributed by atoms with Crippen molar-refractivity contribution in [3.05, 3.63) is 45.8 Å². The van der Waals surface area contributed by atoms with Crippen LogP contribution in [0.25, 0.3) is 5.57 Å². The maximum atomic E-state index is 11.9. The summed E-state index contributed by atoms with van der Waals surface area (Å²) in [5.41, 5.74) is 1.49. The third kappa shape index (κ3) is 2.61. The van der Waals surface area contributed by atoms with Crippen LogP contribution in [0.15, 0.2) is 55.6 Å². The normalized spacial score (nSPS) is 15.1. The van der Waals surface area contributed by atoms with Gasteiger partial charge in [0.1, 0.15) is 0 Å². The zero-order valence-corrected chi connectivity index (χ0v) is 11.3. The molecule has 19 heavy (non-hydrogen) atoms. The predicted molar refractivity (Wildman–Crippen MR) is 73.9 cm³/mol. The molecule has 3 rings (SSSR count). The minimum atomic E-state index is -0.303. The largest absolute Gasteiger partial charge is 0.296 e. The Labute approximate surface area is 117 Å². The van der Waals surface area contributed by atoms with E-state index in [1.165, 1.54) is 11.8 Å². The Kier molecular flexibility index (Phi) is 3.47. The molecule has 94 valence electrons. The summed E-state index contributed by atoms with van der Waals surface area (Å²) in [4.78, 5) is 21.1. The summed E-state index contributed by atoms with van der Waals surface area (Å²) < 4.78 is 0. The number of aromatic nitrogens is 2. The van der Waals surface area contributed by atoms with Gasteiger partial charge >= 0.3 is 0 Å². The van der Waals surface area contributed by atoms with Crippen LogP contribution in [-0.2, 0) is 4.79 Å². The molecule has 0 saturated carbocycles. The number of amides is 1. The molecule has 0 aromatic carbocycles. The maximum Gasteiger partial charge on any atom is 0.296 e. The van der Waals surface area contributed by atoms with Gasteiger partial charge in [-0.15, -0.1) is 5.11 Å². The SMILES string of the molecule is O=C1N=NCC(Sc2ncccn2)=C1c1ccsc1. The fraction of sp³-hybridized carbons (Fsp3) is 0.0833. The van der Waals surface area contributed by atoms with Gasteiger partial charge in [-0.05, 0) is 28.5 Å². The fourth-order valence-corrected chi connectivity index (χ4v) is 3.16. The maximum absolute atomic E-state index is 11.9.